The van der Waals surface area contributed by atoms with Crippen LogP contribution in [0.3, 0.4) is 0 Å². The Bertz CT molecular complexity index is 1310. The molecule has 0 unspecified atom stereocenters. The Kier molecular flexibility index (Phi) is 10.2. The number of piperazine rings is 2. The van der Waals surface area contributed by atoms with Crippen LogP contribution in [-0.2, 0) is 29.6 Å². The van der Waals surface area contributed by atoms with Crippen LogP contribution in [-0.4, -0.2) is 114 Å². The average Bonchev–Trinajstić information content (AvgIpc) is 2.94. The molecule has 0 spiro atoms. The second kappa shape index (κ2) is 13.4. The van der Waals surface area contributed by atoms with E-state index in [0.717, 1.165) is 0 Å². The molecule has 41 heavy (non-hydrogen) atoms. The Hall–Kier alpha value is -2.88. The first-order valence-electron chi connectivity index (χ1n) is 13.6. The lowest BCUT2D eigenvalue weighted by Gasteiger charge is -2.31. The van der Waals surface area contributed by atoms with E-state index >= 15 is 0 Å². The maximum atomic E-state index is 12.9. The van der Waals surface area contributed by atoms with Gasteiger partial charge in [-0.25, -0.2) is 16.8 Å². The first-order chi connectivity index (χ1) is 19.4. The minimum absolute atomic E-state index is 0.108. The molecule has 2 saturated heterocycles. The first kappa shape index (κ1) is 31.1. The van der Waals surface area contributed by atoms with E-state index in [1.54, 1.807) is 24.3 Å². The summed E-state index contributed by atoms with van der Waals surface area (Å²) in [5.41, 5.74) is 0.951. The van der Waals surface area contributed by atoms with Crippen molar-refractivity contribution in [1.29, 1.82) is 0 Å². The maximum Gasteiger partial charge on any atom is 0.243 e. The van der Waals surface area contributed by atoms with Crippen molar-refractivity contribution in [1.82, 2.24) is 18.4 Å². The van der Waals surface area contributed by atoms with E-state index in [9.17, 15) is 26.4 Å². The molecule has 2 amide bonds. The molecule has 12 nitrogen and oxygen atoms in total. The van der Waals surface area contributed by atoms with Crippen molar-refractivity contribution in [3.63, 3.8) is 0 Å². The molecule has 2 aliphatic rings. The Balaban J connectivity index is 1.20. The summed E-state index contributed by atoms with van der Waals surface area (Å²) in [6, 6.07) is 12.2. The summed E-state index contributed by atoms with van der Waals surface area (Å²) in [6.07, 6.45) is 0.525. The monoisotopic (exact) mass is 606 g/mol. The van der Waals surface area contributed by atoms with Crippen LogP contribution >= 0.6 is 0 Å². The largest absolute Gasteiger partial charge is 0.326 e. The van der Waals surface area contributed by atoms with Crippen molar-refractivity contribution in [2.45, 2.75) is 29.1 Å². The lowest BCUT2D eigenvalue weighted by atomic mass is 10.2. The highest BCUT2D eigenvalue weighted by molar-refractivity contribution is 7.89. The number of nitrogens with one attached hydrogen (secondary N) is 2. The predicted molar refractivity (Wildman–Crippen MR) is 157 cm³/mol. The van der Waals surface area contributed by atoms with Crippen LogP contribution in [0.2, 0.25) is 0 Å². The van der Waals surface area contributed by atoms with Crippen LogP contribution in [0.4, 0.5) is 11.4 Å². The van der Waals surface area contributed by atoms with Crippen LogP contribution in [0, 0.1) is 0 Å². The summed E-state index contributed by atoms with van der Waals surface area (Å²) < 4.78 is 54.3. The zero-order chi connectivity index (χ0) is 29.6. The van der Waals surface area contributed by atoms with E-state index < -0.39 is 20.0 Å². The Morgan fingerprint density at radius 1 is 0.585 bits per heavy atom. The van der Waals surface area contributed by atoms with Gasteiger partial charge in [0, 0.05) is 76.6 Å². The zero-order valence-corrected chi connectivity index (χ0v) is 25.1. The van der Waals surface area contributed by atoms with Crippen molar-refractivity contribution in [3.8, 4) is 0 Å². The van der Waals surface area contributed by atoms with Crippen molar-refractivity contribution in [2.24, 2.45) is 0 Å². The smallest absolute Gasteiger partial charge is 0.243 e. The standard InChI is InChI=1S/C27H38N6O6S2/c1-30-14-18-32(19-15-30)40(36,37)24-10-6-22(7-11-24)28-26(34)4-3-5-27(35)29-23-8-12-25(13-9-23)41(38,39)33-20-16-31(2)17-21-33/h6-13H,3-5,14-21H2,1-2H3,(H,28,34)(H,29,35). The van der Waals surface area contributed by atoms with Crippen LogP contribution < -0.4 is 10.6 Å². The summed E-state index contributed by atoms with van der Waals surface area (Å²) in [7, 11) is -3.25. The summed E-state index contributed by atoms with van der Waals surface area (Å²) in [4.78, 5) is 29.2. The molecule has 0 aromatic heterocycles. The molecule has 0 bridgehead atoms. The quantitative estimate of drug-likeness (QED) is 0.413. The van der Waals surface area contributed by atoms with Gasteiger partial charge in [0.25, 0.3) is 0 Å². The van der Waals surface area contributed by atoms with E-state index in [0.29, 0.717) is 70.2 Å². The molecule has 14 heteroatoms. The van der Waals surface area contributed by atoms with Gasteiger partial charge in [-0.2, -0.15) is 8.61 Å². The highest BCUT2D eigenvalue weighted by atomic mass is 32.2. The molecule has 2 aliphatic heterocycles. The fourth-order valence-electron chi connectivity index (χ4n) is 4.63. The molecule has 0 atom stereocenters. The normalized spacial score (nSPS) is 18.2. The summed E-state index contributed by atoms with van der Waals surface area (Å²) in [5.74, 6) is -0.572. The third-order valence-electron chi connectivity index (χ3n) is 7.28. The van der Waals surface area contributed by atoms with Gasteiger partial charge in [0.1, 0.15) is 0 Å². The number of carbonyl (C=O) groups is 2. The van der Waals surface area contributed by atoms with Gasteiger partial charge in [-0.15, -0.1) is 0 Å². The van der Waals surface area contributed by atoms with Crippen LogP contribution in [0.15, 0.2) is 58.3 Å². The number of hydrogen-bond donors (Lipinski definition) is 2. The van der Waals surface area contributed by atoms with Gasteiger partial charge in [-0.3, -0.25) is 9.59 Å². The Morgan fingerprint density at radius 3 is 1.22 bits per heavy atom. The van der Waals surface area contributed by atoms with Gasteiger partial charge in [-0.05, 0) is 69.0 Å². The average molecular weight is 607 g/mol. The predicted octanol–water partition coefficient (Wildman–Crippen LogP) is 1.31. The third kappa shape index (κ3) is 8.11. The van der Waals surface area contributed by atoms with Crippen molar-refractivity contribution >= 4 is 43.2 Å². The van der Waals surface area contributed by atoms with Gasteiger partial charge >= 0.3 is 0 Å². The topological polar surface area (TPSA) is 139 Å². The molecule has 4 rings (SSSR count). The molecule has 2 N–H and O–H groups in total. The fourth-order valence-corrected chi connectivity index (χ4v) is 7.48. The number of carbonyl (C=O) groups excluding carboxylic acids is 2. The highest BCUT2D eigenvalue weighted by Crippen LogP contribution is 2.21. The van der Waals surface area contributed by atoms with E-state index in [2.05, 4.69) is 20.4 Å². The molecule has 224 valence electrons. The minimum Gasteiger partial charge on any atom is -0.326 e. The summed E-state index contributed by atoms with van der Waals surface area (Å²) in [6.45, 7) is 4.48. The van der Waals surface area contributed by atoms with Gasteiger partial charge in [-0.1, -0.05) is 0 Å². The highest BCUT2D eigenvalue weighted by Gasteiger charge is 2.28. The molecule has 2 aromatic rings. The number of rotatable bonds is 10. The lowest BCUT2D eigenvalue weighted by molar-refractivity contribution is -0.117. The van der Waals surface area contributed by atoms with E-state index in [1.165, 1.54) is 32.9 Å². The molecule has 2 heterocycles. The second-order valence-electron chi connectivity index (χ2n) is 10.4. The third-order valence-corrected chi connectivity index (χ3v) is 11.1. The van der Waals surface area contributed by atoms with Gasteiger partial charge in [0.05, 0.1) is 9.79 Å². The Labute approximate surface area is 242 Å². The molecule has 0 aliphatic carbocycles. The van der Waals surface area contributed by atoms with Crippen molar-refractivity contribution in [2.75, 3.05) is 77.1 Å². The second-order valence-corrected chi connectivity index (χ2v) is 14.3. The number of sulfonamides is 2. The number of amides is 2. The van der Waals surface area contributed by atoms with Crippen LogP contribution in [0.5, 0.6) is 0 Å². The first-order valence-corrected chi connectivity index (χ1v) is 16.5. The number of nitrogens with zero attached hydrogens (tertiary/aromatic N) is 4. The van der Waals surface area contributed by atoms with Crippen LogP contribution in [0.1, 0.15) is 19.3 Å². The van der Waals surface area contributed by atoms with Gasteiger partial charge < -0.3 is 20.4 Å². The molecule has 2 fully saturated rings. The zero-order valence-electron chi connectivity index (χ0n) is 23.5. The van der Waals surface area contributed by atoms with E-state index in [-0.39, 0.29) is 34.4 Å². The summed E-state index contributed by atoms with van der Waals surface area (Å²) in [5, 5.41) is 5.46. The SMILES string of the molecule is CN1CCN(S(=O)(=O)c2ccc(NC(=O)CCCC(=O)Nc3ccc(S(=O)(=O)N4CCN(C)CC4)cc3)cc2)CC1. The summed E-state index contributed by atoms with van der Waals surface area (Å²) >= 11 is 0. The number of likely N-dealkylation sites (N-methyl/N-ethyl adjacent to an activating group) is 2. The van der Waals surface area contributed by atoms with Gasteiger partial charge in [0.2, 0.25) is 31.9 Å². The van der Waals surface area contributed by atoms with Gasteiger partial charge in [0.15, 0.2) is 0 Å². The molecule has 0 radical (unpaired) electrons. The van der Waals surface area contributed by atoms with Crippen LogP contribution in [0.25, 0.3) is 0 Å². The number of benzene rings is 2. The fraction of sp³-hybridized carbons (Fsp3) is 0.481. The van der Waals surface area contributed by atoms with Crippen molar-refractivity contribution in [3.05, 3.63) is 48.5 Å². The van der Waals surface area contributed by atoms with E-state index in [4.69, 9.17) is 0 Å². The number of anilines is 2. The molecular weight excluding hydrogens is 568 g/mol. The minimum atomic E-state index is -3.58. The molecular formula is C27H38N6O6S2. The number of hydrogen-bond acceptors (Lipinski definition) is 8. The van der Waals surface area contributed by atoms with E-state index in [1.807, 2.05) is 14.1 Å². The molecule has 0 saturated carbocycles. The maximum absolute atomic E-state index is 12.9. The Morgan fingerprint density at radius 2 is 0.902 bits per heavy atom. The lowest BCUT2D eigenvalue weighted by Crippen LogP contribution is -2.46. The van der Waals surface area contributed by atoms with Crippen molar-refractivity contribution < 1.29 is 26.4 Å². The molecule has 2 aromatic carbocycles.